The van der Waals surface area contributed by atoms with Crippen molar-refractivity contribution < 1.29 is 9.53 Å². The fourth-order valence-corrected chi connectivity index (χ4v) is 1.26. The van der Waals surface area contributed by atoms with Crippen LogP contribution in [0.4, 0.5) is 0 Å². The van der Waals surface area contributed by atoms with E-state index >= 15 is 0 Å². The molecule has 8 heteroatoms. The van der Waals surface area contributed by atoms with Gasteiger partial charge in [-0.15, -0.1) is 5.10 Å². The van der Waals surface area contributed by atoms with Crippen molar-refractivity contribution in [3.05, 3.63) is 29.6 Å². The van der Waals surface area contributed by atoms with Crippen LogP contribution in [0.25, 0.3) is 5.95 Å². The molecule has 0 amide bonds. The zero-order chi connectivity index (χ0) is 13.1. The molecule has 2 rings (SSSR count). The van der Waals surface area contributed by atoms with Gasteiger partial charge in [-0.1, -0.05) is 0 Å². The Labute approximate surface area is 102 Å². The van der Waals surface area contributed by atoms with Gasteiger partial charge in [0.1, 0.15) is 18.1 Å². The van der Waals surface area contributed by atoms with Crippen molar-refractivity contribution in [2.45, 2.75) is 6.92 Å². The van der Waals surface area contributed by atoms with Gasteiger partial charge in [0, 0.05) is 5.69 Å². The molecule has 0 unspecified atom stereocenters. The van der Waals surface area contributed by atoms with Crippen LogP contribution in [0.15, 0.2) is 12.4 Å². The van der Waals surface area contributed by atoms with Crippen molar-refractivity contribution in [2.24, 2.45) is 0 Å². The van der Waals surface area contributed by atoms with Crippen LogP contribution in [-0.2, 0) is 4.74 Å². The molecular formula is C10H8N6O2. The van der Waals surface area contributed by atoms with E-state index in [1.54, 1.807) is 13.0 Å². The molecule has 0 fully saturated rings. The molecule has 0 aromatic carbocycles. The molecule has 0 spiro atoms. The van der Waals surface area contributed by atoms with Crippen molar-refractivity contribution in [3.8, 4) is 12.0 Å². The van der Waals surface area contributed by atoms with Gasteiger partial charge in [0.15, 0.2) is 0 Å². The first kappa shape index (κ1) is 11.7. The lowest BCUT2D eigenvalue weighted by atomic mass is 10.3. The second-order valence-corrected chi connectivity index (χ2v) is 3.31. The molecule has 0 aliphatic rings. The smallest absolute Gasteiger partial charge is 0.377 e. The zero-order valence-electron chi connectivity index (χ0n) is 9.65. The SMILES string of the molecule is COC(=O)c1ncn(-c2nc(C)cc(C#N)n2)n1. The van der Waals surface area contributed by atoms with Crippen LogP contribution in [0.1, 0.15) is 22.0 Å². The highest BCUT2D eigenvalue weighted by atomic mass is 16.5. The Kier molecular flexibility index (Phi) is 2.97. The molecule has 2 aromatic heterocycles. The average Bonchev–Trinajstić information content (AvgIpc) is 2.86. The minimum atomic E-state index is -0.651. The number of hydrogen-bond acceptors (Lipinski definition) is 7. The molecule has 0 bridgehead atoms. The van der Waals surface area contributed by atoms with Gasteiger partial charge in [-0.2, -0.15) is 9.94 Å². The Hall–Kier alpha value is -2.82. The van der Waals surface area contributed by atoms with E-state index in [4.69, 9.17) is 5.26 Å². The number of carbonyl (C=O) groups excluding carboxylic acids is 1. The minimum absolute atomic E-state index is 0.0962. The summed E-state index contributed by atoms with van der Waals surface area (Å²) in [5.74, 6) is -0.572. The molecule has 0 aliphatic heterocycles. The minimum Gasteiger partial charge on any atom is -0.463 e. The lowest BCUT2D eigenvalue weighted by molar-refractivity contribution is 0.0587. The Morgan fingerprint density at radius 1 is 1.50 bits per heavy atom. The van der Waals surface area contributed by atoms with Crippen LogP contribution >= 0.6 is 0 Å². The number of nitriles is 1. The van der Waals surface area contributed by atoms with Crippen LogP contribution in [0.3, 0.4) is 0 Å². The number of methoxy groups -OCH3 is 1. The number of aromatic nitrogens is 5. The fraction of sp³-hybridized carbons (Fsp3) is 0.200. The first-order valence-electron chi connectivity index (χ1n) is 4.90. The Balaban J connectivity index is 2.43. The topological polar surface area (TPSA) is 107 Å². The maximum Gasteiger partial charge on any atom is 0.377 e. The predicted molar refractivity (Wildman–Crippen MR) is 57.7 cm³/mol. The van der Waals surface area contributed by atoms with Crippen LogP contribution in [0, 0.1) is 18.3 Å². The van der Waals surface area contributed by atoms with Gasteiger partial charge in [0.05, 0.1) is 7.11 Å². The monoisotopic (exact) mass is 244 g/mol. The third-order valence-electron chi connectivity index (χ3n) is 2.02. The predicted octanol–water partition coefficient (Wildman–Crippen LogP) is 0.0240. The van der Waals surface area contributed by atoms with Gasteiger partial charge in [0.2, 0.25) is 0 Å². The highest BCUT2D eigenvalue weighted by molar-refractivity contribution is 5.84. The Bertz CT molecular complexity index is 642. The average molecular weight is 244 g/mol. The first-order valence-corrected chi connectivity index (χ1v) is 4.90. The number of carbonyl (C=O) groups is 1. The summed E-state index contributed by atoms with van der Waals surface area (Å²) >= 11 is 0. The van der Waals surface area contributed by atoms with Gasteiger partial charge in [-0.05, 0) is 13.0 Å². The standard InChI is InChI=1S/C10H8N6O2/c1-6-3-7(4-11)14-10(13-6)16-5-12-8(15-16)9(17)18-2/h3,5H,1-2H3. The van der Waals surface area contributed by atoms with Crippen molar-refractivity contribution >= 4 is 5.97 Å². The lowest BCUT2D eigenvalue weighted by Gasteiger charge is -2.00. The highest BCUT2D eigenvalue weighted by Gasteiger charge is 2.13. The van der Waals surface area contributed by atoms with Gasteiger partial charge in [-0.3, -0.25) is 0 Å². The zero-order valence-corrected chi connectivity index (χ0v) is 9.65. The summed E-state index contributed by atoms with van der Waals surface area (Å²) in [5, 5.41) is 12.7. The van der Waals surface area contributed by atoms with Gasteiger partial charge in [-0.25, -0.2) is 19.7 Å². The molecule has 90 valence electrons. The molecule has 18 heavy (non-hydrogen) atoms. The maximum atomic E-state index is 11.2. The van der Waals surface area contributed by atoms with Crippen molar-refractivity contribution in [1.29, 1.82) is 5.26 Å². The molecule has 2 heterocycles. The Morgan fingerprint density at radius 3 is 2.94 bits per heavy atom. The van der Waals surface area contributed by atoms with Gasteiger partial charge in [0.25, 0.3) is 11.8 Å². The molecule has 0 atom stereocenters. The lowest BCUT2D eigenvalue weighted by Crippen LogP contribution is -2.08. The van der Waals surface area contributed by atoms with Crippen LogP contribution < -0.4 is 0 Å². The van der Waals surface area contributed by atoms with Crippen LogP contribution in [0.5, 0.6) is 0 Å². The molecule has 0 saturated heterocycles. The number of esters is 1. The normalized spacial score (nSPS) is 9.83. The van der Waals surface area contributed by atoms with Crippen molar-refractivity contribution in [1.82, 2.24) is 24.7 Å². The summed E-state index contributed by atoms with van der Waals surface area (Å²) in [5.41, 5.74) is 0.833. The van der Waals surface area contributed by atoms with E-state index in [0.717, 1.165) is 0 Å². The van der Waals surface area contributed by atoms with Crippen molar-refractivity contribution in [2.75, 3.05) is 7.11 Å². The summed E-state index contributed by atoms with van der Waals surface area (Å²) < 4.78 is 5.69. The maximum absolute atomic E-state index is 11.2. The third kappa shape index (κ3) is 2.15. The molecule has 2 aromatic rings. The van der Waals surface area contributed by atoms with Crippen LogP contribution in [0.2, 0.25) is 0 Å². The quantitative estimate of drug-likeness (QED) is 0.685. The molecule has 0 saturated carbocycles. The molecule has 0 radical (unpaired) electrons. The summed E-state index contributed by atoms with van der Waals surface area (Å²) in [4.78, 5) is 23.0. The number of ether oxygens (including phenoxy) is 1. The van der Waals surface area contributed by atoms with Gasteiger partial charge < -0.3 is 4.74 Å². The summed E-state index contributed by atoms with van der Waals surface area (Å²) in [6, 6.07) is 3.46. The second kappa shape index (κ2) is 4.58. The first-order chi connectivity index (χ1) is 8.63. The van der Waals surface area contributed by atoms with E-state index in [2.05, 4.69) is 24.8 Å². The van der Waals surface area contributed by atoms with Gasteiger partial charge >= 0.3 is 5.97 Å². The molecule has 0 aliphatic carbocycles. The second-order valence-electron chi connectivity index (χ2n) is 3.31. The third-order valence-corrected chi connectivity index (χ3v) is 2.02. The number of hydrogen-bond donors (Lipinski definition) is 0. The largest absolute Gasteiger partial charge is 0.463 e. The van der Waals surface area contributed by atoms with E-state index in [1.165, 1.54) is 18.1 Å². The number of aryl methyl sites for hydroxylation is 1. The van der Waals surface area contributed by atoms with E-state index in [9.17, 15) is 4.79 Å². The van der Waals surface area contributed by atoms with Crippen LogP contribution in [-0.4, -0.2) is 37.8 Å². The summed E-state index contributed by atoms with van der Waals surface area (Å²) in [7, 11) is 1.24. The highest BCUT2D eigenvalue weighted by Crippen LogP contribution is 2.04. The van der Waals surface area contributed by atoms with E-state index in [0.29, 0.717) is 5.69 Å². The summed E-state index contributed by atoms with van der Waals surface area (Å²) in [6.45, 7) is 1.73. The van der Waals surface area contributed by atoms with E-state index in [1.807, 2.05) is 6.07 Å². The fourth-order valence-electron chi connectivity index (χ4n) is 1.26. The molecule has 8 nitrogen and oxygen atoms in total. The number of nitrogens with zero attached hydrogens (tertiary/aromatic N) is 6. The molecular weight excluding hydrogens is 236 g/mol. The van der Waals surface area contributed by atoms with Crippen molar-refractivity contribution in [3.63, 3.8) is 0 Å². The summed E-state index contributed by atoms with van der Waals surface area (Å²) in [6.07, 6.45) is 1.28. The van der Waals surface area contributed by atoms with E-state index in [-0.39, 0.29) is 17.5 Å². The molecule has 0 N–H and O–H groups in total. The Morgan fingerprint density at radius 2 is 2.28 bits per heavy atom. The van der Waals surface area contributed by atoms with E-state index < -0.39 is 5.97 Å². The number of rotatable bonds is 2.